The van der Waals surface area contributed by atoms with Gasteiger partial charge in [-0.1, -0.05) is 34.0 Å². The smallest absolute Gasteiger partial charge is 0.255 e. The minimum Gasteiger partial charge on any atom is -0.370 e. The molecule has 2 aliphatic rings. The summed E-state index contributed by atoms with van der Waals surface area (Å²) in [5.41, 5.74) is 11.5. The molecule has 1 unspecified atom stereocenters. The van der Waals surface area contributed by atoms with E-state index in [9.17, 15) is 14.4 Å². The number of anilines is 1. The van der Waals surface area contributed by atoms with Gasteiger partial charge in [0, 0.05) is 57.4 Å². The molecule has 0 aromatic heterocycles. The first-order valence-corrected chi connectivity index (χ1v) is 14.8. The predicted octanol–water partition coefficient (Wildman–Crippen LogP) is -5.83. The van der Waals surface area contributed by atoms with Crippen molar-refractivity contribution < 1.29 is 14.4 Å². The van der Waals surface area contributed by atoms with Crippen LogP contribution < -0.4 is 37.5 Å². The number of hydrogen-bond acceptors (Lipinski definition) is 5. The Morgan fingerprint density at radius 3 is 2.25 bits per heavy atom. The van der Waals surface area contributed by atoms with Crippen LogP contribution in [0.3, 0.4) is 0 Å². The number of aldehydes is 1. The zero-order valence-corrected chi connectivity index (χ0v) is 25.2. The minimum atomic E-state index is -0.580. The topological polar surface area (TPSA) is 73.0 Å². The summed E-state index contributed by atoms with van der Waals surface area (Å²) in [6.07, 6.45) is 4.47. The van der Waals surface area contributed by atoms with E-state index in [-0.39, 0.29) is 18.2 Å². The van der Waals surface area contributed by atoms with E-state index in [1.54, 1.807) is 11.9 Å². The maximum absolute atomic E-state index is 13.1. The Balaban J connectivity index is 1.28. The van der Waals surface area contributed by atoms with Crippen molar-refractivity contribution in [2.45, 2.75) is 44.7 Å². The number of carbonyl (C=O) groups excluding carboxylic acids is 3. The van der Waals surface area contributed by atoms with Crippen LogP contribution in [0.2, 0.25) is 0 Å². The maximum atomic E-state index is 13.1. The van der Waals surface area contributed by atoms with Crippen molar-refractivity contribution in [1.29, 1.82) is 0 Å². The average Bonchev–Trinajstić information content (AvgIpc) is 3.31. The fourth-order valence-corrected chi connectivity index (χ4v) is 6.42. The second kappa shape index (κ2) is 13.2. The molecule has 2 aromatic carbocycles. The van der Waals surface area contributed by atoms with E-state index in [1.165, 1.54) is 38.6 Å². The van der Waals surface area contributed by atoms with Gasteiger partial charge in [0.1, 0.15) is 45.5 Å². The van der Waals surface area contributed by atoms with E-state index in [0.29, 0.717) is 18.5 Å². The SMILES string of the molecule is Bc1c(B)c(B)c(N2CCN(CCCCc3cccc4c3CN(C(C=O)CCC(=O)NC)C4=O)CC2)c(B)c1B. The van der Waals surface area contributed by atoms with E-state index in [4.69, 9.17) is 0 Å². The molecular formula is C28H41B5N4O3. The molecule has 1 saturated heterocycles. The van der Waals surface area contributed by atoms with Gasteiger partial charge in [0.2, 0.25) is 5.91 Å². The first kappa shape index (κ1) is 30.1. The summed E-state index contributed by atoms with van der Waals surface area (Å²) in [6, 6.07) is 5.35. The zero-order valence-electron chi connectivity index (χ0n) is 25.2. The Bertz CT molecular complexity index is 1250. The predicted molar refractivity (Wildman–Crippen MR) is 178 cm³/mol. The summed E-state index contributed by atoms with van der Waals surface area (Å²) >= 11 is 0. The molecule has 0 radical (unpaired) electrons. The largest absolute Gasteiger partial charge is 0.370 e. The van der Waals surface area contributed by atoms with Gasteiger partial charge >= 0.3 is 0 Å². The quantitative estimate of drug-likeness (QED) is 0.176. The lowest BCUT2D eigenvalue weighted by molar-refractivity contribution is -0.121. The van der Waals surface area contributed by atoms with Crippen molar-refractivity contribution in [3.05, 3.63) is 34.9 Å². The van der Waals surface area contributed by atoms with Crippen molar-refractivity contribution in [1.82, 2.24) is 15.1 Å². The molecule has 7 nitrogen and oxygen atoms in total. The average molecular weight is 536 g/mol. The Hall–Kier alpha value is -2.87. The van der Waals surface area contributed by atoms with Crippen molar-refractivity contribution in [3.8, 4) is 0 Å². The van der Waals surface area contributed by atoms with Gasteiger partial charge in [-0.15, -0.1) is 5.46 Å². The minimum absolute atomic E-state index is 0.104. The van der Waals surface area contributed by atoms with E-state index in [2.05, 4.69) is 60.4 Å². The van der Waals surface area contributed by atoms with Crippen molar-refractivity contribution in [2.75, 3.05) is 44.7 Å². The molecule has 0 bridgehead atoms. The number of carbonyl (C=O) groups is 3. The second-order valence-electron chi connectivity index (χ2n) is 11.6. The number of unbranched alkanes of at least 4 members (excludes halogenated alkanes) is 1. The van der Waals surface area contributed by atoms with Gasteiger partial charge in [-0.3, -0.25) is 14.5 Å². The molecule has 1 atom stereocenters. The maximum Gasteiger partial charge on any atom is 0.255 e. The van der Waals surface area contributed by atoms with Crippen LogP contribution in [0.4, 0.5) is 5.69 Å². The molecule has 0 spiro atoms. The molecule has 0 saturated carbocycles. The summed E-state index contributed by atoms with van der Waals surface area (Å²) in [5.74, 6) is -0.225. The summed E-state index contributed by atoms with van der Waals surface area (Å²) in [5, 5.41) is 2.58. The third-order valence-electron chi connectivity index (χ3n) is 9.42. The van der Waals surface area contributed by atoms with Gasteiger partial charge in [-0.2, -0.15) is 0 Å². The summed E-state index contributed by atoms with van der Waals surface area (Å²) in [4.78, 5) is 43.3. The lowest BCUT2D eigenvalue weighted by Gasteiger charge is -2.39. The van der Waals surface area contributed by atoms with Crippen LogP contribution in [0.25, 0.3) is 0 Å². The highest BCUT2D eigenvalue weighted by atomic mass is 16.2. The highest BCUT2D eigenvalue weighted by Crippen LogP contribution is 2.29. The van der Waals surface area contributed by atoms with Crippen LogP contribution in [0, 0.1) is 0 Å². The highest BCUT2D eigenvalue weighted by molar-refractivity contribution is 6.68. The third kappa shape index (κ3) is 6.22. The normalized spacial score (nSPS) is 16.2. The van der Waals surface area contributed by atoms with Gasteiger partial charge in [-0.05, 0) is 49.4 Å². The van der Waals surface area contributed by atoms with E-state index in [0.717, 1.165) is 63.8 Å². The van der Waals surface area contributed by atoms with Crippen LogP contribution in [0.15, 0.2) is 18.2 Å². The van der Waals surface area contributed by atoms with Crippen molar-refractivity contribution >= 4 is 90.3 Å². The van der Waals surface area contributed by atoms with Gasteiger partial charge in [0.05, 0.1) is 6.04 Å². The van der Waals surface area contributed by atoms with Crippen LogP contribution in [-0.2, 0) is 22.6 Å². The number of piperazine rings is 1. The molecular weight excluding hydrogens is 494 g/mol. The lowest BCUT2D eigenvalue weighted by atomic mass is 9.61. The van der Waals surface area contributed by atoms with Gasteiger partial charge in [0.25, 0.3) is 5.91 Å². The highest BCUT2D eigenvalue weighted by Gasteiger charge is 2.34. The molecule has 2 heterocycles. The molecule has 0 aliphatic carbocycles. The fraction of sp³-hybridized carbons (Fsp3) is 0.464. The first-order chi connectivity index (χ1) is 19.2. The second-order valence-corrected chi connectivity index (χ2v) is 11.6. The standard InChI is InChI=1S/C28H41B5N4O3/c1-34-21(39)9-8-18(16-38)37-15-20-17(6-4-7-19(20)28(37)40)5-2-3-10-35-11-13-36(14-12-35)27-25(32)23(30)22(29)24(31)26(27)33/h4,6-7,16,18H,2-3,5,8-15,29-33H2,1H3,(H,34,39). The Labute approximate surface area is 243 Å². The third-order valence-corrected chi connectivity index (χ3v) is 9.42. The number of fused-ring (bicyclic) bond motifs is 1. The summed E-state index contributed by atoms with van der Waals surface area (Å²) in [7, 11) is 12.9. The van der Waals surface area contributed by atoms with Gasteiger partial charge in [0.15, 0.2) is 0 Å². The molecule has 2 aromatic rings. The summed E-state index contributed by atoms with van der Waals surface area (Å²) < 4.78 is 0. The number of nitrogens with zero attached hydrogens (tertiary/aromatic N) is 3. The molecule has 12 heteroatoms. The molecule has 40 heavy (non-hydrogen) atoms. The van der Waals surface area contributed by atoms with Gasteiger partial charge in [-0.25, -0.2) is 0 Å². The number of amides is 2. The van der Waals surface area contributed by atoms with Crippen LogP contribution in [-0.4, -0.2) is 113 Å². The molecule has 1 fully saturated rings. The zero-order chi connectivity index (χ0) is 29.0. The molecule has 2 amide bonds. The van der Waals surface area contributed by atoms with Crippen LogP contribution in [0.1, 0.15) is 47.2 Å². The van der Waals surface area contributed by atoms with E-state index in [1.807, 2.05) is 12.1 Å². The molecule has 1 N–H and O–H groups in total. The first-order valence-electron chi connectivity index (χ1n) is 14.8. The van der Waals surface area contributed by atoms with E-state index >= 15 is 0 Å². The number of hydrogen-bond donors (Lipinski definition) is 1. The van der Waals surface area contributed by atoms with Crippen molar-refractivity contribution in [2.24, 2.45) is 0 Å². The number of benzene rings is 2. The molecule has 206 valence electrons. The van der Waals surface area contributed by atoms with Crippen LogP contribution in [0.5, 0.6) is 0 Å². The van der Waals surface area contributed by atoms with Gasteiger partial charge < -0.3 is 19.9 Å². The van der Waals surface area contributed by atoms with Crippen molar-refractivity contribution in [3.63, 3.8) is 0 Å². The lowest BCUT2D eigenvalue weighted by Crippen LogP contribution is -2.59. The van der Waals surface area contributed by atoms with E-state index < -0.39 is 6.04 Å². The number of nitrogens with one attached hydrogen (secondary N) is 1. The number of rotatable bonds is 11. The molecule has 4 rings (SSSR count). The fourth-order valence-electron chi connectivity index (χ4n) is 6.42. The molecule has 2 aliphatic heterocycles. The monoisotopic (exact) mass is 536 g/mol. The summed E-state index contributed by atoms with van der Waals surface area (Å²) in [6.45, 7) is 5.82. The van der Waals surface area contributed by atoms with Crippen LogP contribution >= 0.6 is 0 Å². The Morgan fingerprint density at radius 2 is 1.62 bits per heavy atom. The Kier molecular flexibility index (Phi) is 9.93. The Morgan fingerprint density at radius 1 is 0.975 bits per heavy atom. The number of aryl methyl sites for hydroxylation is 1.